The normalized spacial score (nSPS) is 14.8. The number of nitrogens with two attached hydrogens (primary N) is 1. The van der Waals surface area contributed by atoms with Gasteiger partial charge in [0, 0.05) is 36.5 Å². The second-order valence-electron chi connectivity index (χ2n) is 5.32. The average Bonchev–Trinajstić information content (AvgIpc) is 3.01. The summed E-state index contributed by atoms with van der Waals surface area (Å²) in [4.78, 5) is 2.43. The van der Waals surface area contributed by atoms with Crippen LogP contribution in [-0.4, -0.2) is 13.1 Å². The van der Waals surface area contributed by atoms with Crippen molar-refractivity contribution in [3.05, 3.63) is 59.9 Å². The van der Waals surface area contributed by atoms with Gasteiger partial charge < -0.3 is 10.2 Å². The zero-order valence-corrected chi connectivity index (χ0v) is 11.6. The molecular formula is C17H20FN2+. The van der Waals surface area contributed by atoms with Crippen LogP contribution in [0.25, 0.3) is 0 Å². The summed E-state index contributed by atoms with van der Waals surface area (Å²) in [7, 11) is 0. The zero-order valence-electron chi connectivity index (χ0n) is 11.6. The van der Waals surface area contributed by atoms with E-state index in [2.05, 4.69) is 34.5 Å². The van der Waals surface area contributed by atoms with Crippen LogP contribution in [0.3, 0.4) is 0 Å². The minimum atomic E-state index is -0.177. The smallest absolute Gasteiger partial charge is 0.129 e. The summed E-state index contributed by atoms with van der Waals surface area (Å²) in [5, 5.41) is 2.18. The molecule has 0 spiro atoms. The first-order chi connectivity index (χ1) is 9.81. The van der Waals surface area contributed by atoms with Gasteiger partial charge in [0.2, 0.25) is 0 Å². The summed E-state index contributed by atoms with van der Waals surface area (Å²) in [6.07, 6.45) is 2.61. The maximum Gasteiger partial charge on any atom is 0.129 e. The first kappa shape index (κ1) is 13.1. The minimum Gasteiger partial charge on any atom is -0.372 e. The summed E-state index contributed by atoms with van der Waals surface area (Å²) in [5.74, 6) is -0.177. The van der Waals surface area contributed by atoms with Gasteiger partial charge in [0.15, 0.2) is 0 Å². The van der Waals surface area contributed by atoms with Gasteiger partial charge in [0.05, 0.1) is 0 Å². The quantitative estimate of drug-likeness (QED) is 0.848. The number of benzene rings is 2. The van der Waals surface area contributed by atoms with E-state index in [9.17, 15) is 4.39 Å². The first-order valence-corrected chi connectivity index (χ1v) is 7.24. The Balaban J connectivity index is 1.59. The third-order valence-corrected chi connectivity index (χ3v) is 3.85. The number of rotatable bonds is 4. The van der Waals surface area contributed by atoms with E-state index in [0.717, 1.165) is 12.1 Å². The van der Waals surface area contributed by atoms with Gasteiger partial charge in [0.1, 0.15) is 18.0 Å². The highest BCUT2D eigenvalue weighted by Crippen LogP contribution is 2.20. The molecule has 1 aliphatic heterocycles. The Bertz CT molecular complexity index is 542. The molecule has 0 aromatic heterocycles. The highest BCUT2D eigenvalue weighted by molar-refractivity contribution is 5.51. The van der Waals surface area contributed by atoms with Gasteiger partial charge in [-0.3, -0.25) is 0 Å². The number of hydrogen-bond donors (Lipinski definition) is 1. The van der Waals surface area contributed by atoms with Gasteiger partial charge in [-0.2, -0.15) is 0 Å². The van der Waals surface area contributed by atoms with E-state index in [0.29, 0.717) is 0 Å². The second kappa shape index (κ2) is 6.06. The van der Waals surface area contributed by atoms with Gasteiger partial charge >= 0.3 is 0 Å². The fourth-order valence-electron chi connectivity index (χ4n) is 2.65. The molecule has 3 rings (SSSR count). The van der Waals surface area contributed by atoms with Crippen molar-refractivity contribution in [3.63, 3.8) is 0 Å². The Morgan fingerprint density at radius 1 is 0.900 bits per heavy atom. The molecule has 3 heteroatoms. The molecule has 1 aliphatic rings. The molecule has 2 nitrogen and oxygen atoms in total. The second-order valence-corrected chi connectivity index (χ2v) is 5.32. The number of hydrogen-bond acceptors (Lipinski definition) is 1. The van der Waals surface area contributed by atoms with E-state index in [1.54, 1.807) is 0 Å². The highest BCUT2D eigenvalue weighted by Gasteiger charge is 2.12. The minimum absolute atomic E-state index is 0.177. The lowest BCUT2D eigenvalue weighted by molar-refractivity contribution is -0.588. The van der Waals surface area contributed by atoms with E-state index >= 15 is 0 Å². The molecule has 0 aliphatic carbocycles. The van der Waals surface area contributed by atoms with Crippen molar-refractivity contribution in [2.24, 2.45) is 0 Å². The molecule has 1 heterocycles. The standard InChI is InChI=1S/C17H19FN2/c18-15-5-3-14(4-6-15)13-19-16-7-9-17(10-8-16)20-11-1-2-12-20/h3-10,19H,1-2,11-13H2/p+1. The third kappa shape index (κ3) is 3.17. The van der Waals surface area contributed by atoms with Crippen LogP contribution in [-0.2, 0) is 6.54 Å². The lowest BCUT2D eigenvalue weighted by atomic mass is 10.2. The van der Waals surface area contributed by atoms with Gasteiger partial charge in [-0.25, -0.2) is 4.39 Å². The molecule has 0 unspecified atom stereocenters. The van der Waals surface area contributed by atoms with Crippen LogP contribution < -0.4 is 10.2 Å². The summed E-state index contributed by atoms with van der Waals surface area (Å²) < 4.78 is 12.8. The Morgan fingerprint density at radius 2 is 1.55 bits per heavy atom. The van der Waals surface area contributed by atoms with E-state index in [-0.39, 0.29) is 5.82 Å². The van der Waals surface area contributed by atoms with Gasteiger partial charge in [0.25, 0.3) is 0 Å². The predicted octanol–water partition coefficient (Wildman–Crippen LogP) is 2.82. The maximum atomic E-state index is 12.8. The van der Waals surface area contributed by atoms with Gasteiger partial charge in [-0.15, -0.1) is 0 Å². The van der Waals surface area contributed by atoms with Crippen molar-refractivity contribution in [1.82, 2.24) is 0 Å². The molecule has 20 heavy (non-hydrogen) atoms. The van der Waals surface area contributed by atoms with Gasteiger partial charge in [-0.05, 0) is 37.1 Å². The molecule has 2 aromatic carbocycles. The van der Waals surface area contributed by atoms with Crippen molar-refractivity contribution in [1.29, 1.82) is 0 Å². The molecule has 0 amide bonds. The molecule has 0 bridgehead atoms. The highest BCUT2D eigenvalue weighted by atomic mass is 19.1. The monoisotopic (exact) mass is 271 g/mol. The summed E-state index contributed by atoms with van der Waals surface area (Å²) >= 11 is 0. The molecule has 2 N–H and O–H groups in total. The van der Waals surface area contributed by atoms with Crippen molar-refractivity contribution in [3.8, 4) is 0 Å². The molecule has 0 radical (unpaired) electrons. The number of halogens is 1. The van der Waals surface area contributed by atoms with Crippen LogP contribution in [0.15, 0.2) is 48.5 Å². The molecular weight excluding hydrogens is 251 g/mol. The van der Waals surface area contributed by atoms with Crippen LogP contribution in [0.2, 0.25) is 0 Å². The molecule has 2 aromatic rings. The molecule has 104 valence electrons. The average molecular weight is 271 g/mol. The van der Waals surface area contributed by atoms with E-state index in [4.69, 9.17) is 0 Å². The SMILES string of the molecule is Fc1ccc(C[NH2+]c2ccc(N3CCCC3)cc2)cc1. The molecule has 0 saturated carbocycles. The summed E-state index contributed by atoms with van der Waals surface area (Å²) in [6.45, 7) is 3.20. The Kier molecular flexibility index (Phi) is 3.97. The molecule has 1 saturated heterocycles. The van der Waals surface area contributed by atoms with Crippen molar-refractivity contribution < 1.29 is 9.71 Å². The Hall–Kier alpha value is -1.87. The van der Waals surface area contributed by atoms with Crippen LogP contribution in [0.1, 0.15) is 18.4 Å². The predicted molar refractivity (Wildman–Crippen MR) is 79.6 cm³/mol. The lowest BCUT2D eigenvalue weighted by Crippen LogP contribution is -2.76. The molecule has 1 fully saturated rings. The fourth-order valence-corrected chi connectivity index (χ4v) is 2.65. The third-order valence-electron chi connectivity index (χ3n) is 3.85. The van der Waals surface area contributed by atoms with Crippen LogP contribution in [0, 0.1) is 5.82 Å². The van der Waals surface area contributed by atoms with Crippen LogP contribution in [0.5, 0.6) is 0 Å². The summed E-state index contributed by atoms with van der Waals surface area (Å²) in [5.41, 5.74) is 3.67. The van der Waals surface area contributed by atoms with Crippen LogP contribution >= 0.6 is 0 Å². The zero-order chi connectivity index (χ0) is 13.8. The van der Waals surface area contributed by atoms with Crippen molar-refractivity contribution in [2.75, 3.05) is 18.0 Å². The van der Waals surface area contributed by atoms with E-state index in [1.165, 1.54) is 49.4 Å². The van der Waals surface area contributed by atoms with Crippen molar-refractivity contribution in [2.45, 2.75) is 19.4 Å². The van der Waals surface area contributed by atoms with Gasteiger partial charge in [-0.1, -0.05) is 12.1 Å². The number of quaternary nitrogens is 1. The van der Waals surface area contributed by atoms with E-state index in [1.807, 2.05) is 12.1 Å². The fraction of sp³-hybridized carbons (Fsp3) is 0.294. The largest absolute Gasteiger partial charge is 0.372 e. The van der Waals surface area contributed by atoms with Crippen molar-refractivity contribution >= 4 is 11.4 Å². The summed E-state index contributed by atoms with van der Waals surface area (Å²) in [6, 6.07) is 15.4. The van der Waals surface area contributed by atoms with E-state index < -0.39 is 0 Å². The number of nitrogens with zero attached hydrogens (tertiary/aromatic N) is 1. The Labute approximate surface area is 119 Å². The topological polar surface area (TPSA) is 19.9 Å². The first-order valence-electron chi connectivity index (χ1n) is 7.24. The molecule has 0 atom stereocenters. The number of anilines is 1. The maximum absolute atomic E-state index is 12.8. The van der Waals surface area contributed by atoms with Crippen LogP contribution in [0.4, 0.5) is 15.8 Å². The Morgan fingerprint density at radius 3 is 2.20 bits per heavy atom. The lowest BCUT2D eigenvalue weighted by Gasteiger charge is -2.17.